The largest absolute Gasteiger partial charge is 0.379 e. The van der Waals surface area contributed by atoms with Gasteiger partial charge in [0, 0.05) is 27.2 Å². The predicted molar refractivity (Wildman–Crippen MR) is 72.6 cm³/mol. The van der Waals surface area contributed by atoms with Gasteiger partial charge >= 0.3 is 5.69 Å². The van der Waals surface area contributed by atoms with E-state index < -0.39 is 5.69 Å². The number of aryl methyl sites for hydroxylation is 1. The molecule has 3 rings (SSSR count). The zero-order chi connectivity index (χ0) is 14.3. The highest BCUT2D eigenvalue weighted by Gasteiger charge is 2.16. The molecule has 9 heteroatoms. The van der Waals surface area contributed by atoms with Crippen molar-refractivity contribution in [1.29, 1.82) is 0 Å². The molecule has 1 fully saturated rings. The van der Waals surface area contributed by atoms with Gasteiger partial charge in [-0.2, -0.15) is 4.98 Å². The van der Waals surface area contributed by atoms with Crippen molar-refractivity contribution >= 4 is 17.1 Å². The van der Waals surface area contributed by atoms with Gasteiger partial charge in [-0.25, -0.2) is 9.80 Å². The first-order valence-electron chi connectivity index (χ1n) is 6.33. The first kappa shape index (κ1) is 12.9. The Morgan fingerprint density at radius 2 is 1.90 bits per heavy atom. The van der Waals surface area contributed by atoms with Crippen molar-refractivity contribution in [3.05, 3.63) is 20.8 Å². The summed E-state index contributed by atoms with van der Waals surface area (Å²) < 4.78 is 7.65. The van der Waals surface area contributed by atoms with Crippen LogP contribution in [0.15, 0.2) is 9.59 Å². The minimum Gasteiger partial charge on any atom is -0.379 e. The van der Waals surface area contributed by atoms with Gasteiger partial charge in [-0.1, -0.05) is 0 Å². The number of H-pyrrole nitrogens is 1. The fraction of sp³-hybridized carbons (Fsp3) is 0.545. The molecule has 0 bridgehead atoms. The lowest BCUT2D eigenvalue weighted by molar-refractivity contribution is 0.0493. The number of rotatable bonds is 2. The van der Waals surface area contributed by atoms with Gasteiger partial charge in [0.1, 0.15) is 0 Å². The summed E-state index contributed by atoms with van der Waals surface area (Å²) in [5.74, 6) is 0.445. The van der Waals surface area contributed by atoms with E-state index in [9.17, 15) is 9.59 Å². The van der Waals surface area contributed by atoms with Crippen LogP contribution < -0.4 is 16.7 Å². The second-order valence-corrected chi connectivity index (χ2v) is 4.70. The van der Waals surface area contributed by atoms with E-state index in [4.69, 9.17) is 4.74 Å². The lowest BCUT2D eigenvalue weighted by Crippen LogP contribution is -2.40. The maximum Gasteiger partial charge on any atom is 0.332 e. The molecule has 2 aromatic heterocycles. The van der Waals surface area contributed by atoms with Crippen molar-refractivity contribution < 1.29 is 4.74 Å². The third-order valence-corrected chi connectivity index (χ3v) is 3.37. The zero-order valence-corrected chi connectivity index (χ0v) is 11.3. The Morgan fingerprint density at radius 1 is 1.20 bits per heavy atom. The minimum atomic E-state index is -0.396. The number of nitrogens with one attached hydrogen (secondary N) is 2. The van der Waals surface area contributed by atoms with Crippen LogP contribution >= 0.6 is 0 Å². The van der Waals surface area contributed by atoms with Crippen LogP contribution in [-0.4, -0.2) is 50.4 Å². The highest BCUT2D eigenvalue weighted by molar-refractivity contribution is 5.72. The molecular weight excluding hydrogens is 264 g/mol. The molecule has 3 heterocycles. The third-order valence-electron chi connectivity index (χ3n) is 3.37. The van der Waals surface area contributed by atoms with Crippen molar-refractivity contribution in [2.24, 2.45) is 14.1 Å². The number of ether oxygens (including phenoxy) is 1. The van der Waals surface area contributed by atoms with Gasteiger partial charge in [0.25, 0.3) is 5.56 Å². The number of anilines is 1. The molecule has 108 valence electrons. The van der Waals surface area contributed by atoms with E-state index in [1.165, 1.54) is 11.6 Å². The van der Waals surface area contributed by atoms with Crippen molar-refractivity contribution in [2.75, 3.05) is 31.7 Å². The highest BCUT2D eigenvalue weighted by Crippen LogP contribution is 2.09. The number of nitrogens with zero attached hydrogens (tertiary/aromatic N) is 4. The van der Waals surface area contributed by atoms with Gasteiger partial charge < -0.3 is 9.72 Å². The molecule has 1 aliphatic heterocycles. The molecular formula is C11H16N6O3. The number of fused-ring (bicyclic) bond motifs is 1. The molecule has 0 aromatic carbocycles. The number of morpholine rings is 1. The fourth-order valence-electron chi connectivity index (χ4n) is 2.20. The minimum absolute atomic E-state index is 0.311. The summed E-state index contributed by atoms with van der Waals surface area (Å²) in [5.41, 5.74) is 2.96. The summed E-state index contributed by atoms with van der Waals surface area (Å²) in [6.07, 6.45) is 0. The monoisotopic (exact) mass is 280 g/mol. The van der Waals surface area contributed by atoms with Crippen LogP contribution in [0.4, 0.5) is 5.95 Å². The Labute approximate surface area is 113 Å². The zero-order valence-electron chi connectivity index (χ0n) is 11.3. The van der Waals surface area contributed by atoms with Crippen molar-refractivity contribution in [1.82, 2.24) is 24.1 Å². The van der Waals surface area contributed by atoms with E-state index in [1.807, 2.05) is 5.01 Å². The Bertz CT molecular complexity index is 752. The van der Waals surface area contributed by atoms with Crippen LogP contribution in [0, 0.1) is 0 Å². The van der Waals surface area contributed by atoms with E-state index in [1.54, 1.807) is 7.05 Å². The van der Waals surface area contributed by atoms with Crippen LogP contribution in [0.25, 0.3) is 11.2 Å². The molecule has 0 radical (unpaired) electrons. The molecule has 0 unspecified atom stereocenters. The van der Waals surface area contributed by atoms with Gasteiger partial charge in [0.15, 0.2) is 11.2 Å². The average Bonchev–Trinajstić information content (AvgIpc) is 2.88. The first-order valence-corrected chi connectivity index (χ1v) is 6.33. The Balaban J connectivity index is 2.02. The normalized spacial score (nSPS) is 16.7. The molecule has 1 aliphatic rings. The van der Waals surface area contributed by atoms with Gasteiger partial charge in [-0.3, -0.25) is 19.4 Å². The van der Waals surface area contributed by atoms with Crippen molar-refractivity contribution in [3.8, 4) is 0 Å². The molecule has 9 nitrogen and oxygen atoms in total. The van der Waals surface area contributed by atoms with Crippen molar-refractivity contribution in [2.45, 2.75) is 0 Å². The SMILES string of the molecule is Cn1c(=O)c2[nH]c(NN3CCOCC3)nc2n(C)c1=O. The van der Waals surface area contributed by atoms with Crippen molar-refractivity contribution in [3.63, 3.8) is 0 Å². The van der Waals surface area contributed by atoms with E-state index in [2.05, 4.69) is 15.4 Å². The lowest BCUT2D eigenvalue weighted by atomic mass is 10.5. The molecule has 0 atom stereocenters. The van der Waals surface area contributed by atoms with E-state index >= 15 is 0 Å². The molecule has 0 aliphatic carbocycles. The Hall–Kier alpha value is -2.13. The van der Waals surface area contributed by atoms with Crippen LogP contribution in [-0.2, 0) is 18.8 Å². The average molecular weight is 280 g/mol. The predicted octanol–water partition coefficient (Wildman–Crippen LogP) is -1.38. The van der Waals surface area contributed by atoms with Gasteiger partial charge in [-0.05, 0) is 0 Å². The molecule has 20 heavy (non-hydrogen) atoms. The molecule has 2 aromatic rings. The summed E-state index contributed by atoms with van der Waals surface area (Å²) in [6.45, 7) is 2.75. The lowest BCUT2D eigenvalue weighted by Gasteiger charge is -2.26. The summed E-state index contributed by atoms with van der Waals surface area (Å²) in [7, 11) is 3.03. The van der Waals surface area contributed by atoms with Crippen LogP contribution in [0.5, 0.6) is 0 Å². The number of aromatic amines is 1. The molecule has 0 spiro atoms. The van der Waals surface area contributed by atoms with Gasteiger partial charge in [0.05, 0.1) is 13.2 Å². The van der Waals surface area contributed by atoms with E-state index in [0.717, 1.165) is 17.7 Å². The smallest absolute Gasteiger partial charge is 0.332 e. The maximum absolute atomic E-state index is 12.0. The standard InChI is InChI=1S/C11H16N6O3/c1-15-8-7(9(18)16(2)11(15)19)12-10(13-8)14-17-3-5-20-6-4-17/h3-6H2,1-2H3,(H2,12,13,14). The van der Waals surface area contributed by atoms with Gasteiger partial charge in [-0.15, -0.1) is 0 Å². The fourth-order valence-corrected chi connectivity index (χ4v) is 2.20. The third kappa shape index (κ3) is 2.00. The summed E-state index contributed by atoms with van der Waals surface area (Å²) in [5, 5.41) is 1.95. The number of hydrazine groups is 1. The Morgan fingerprint density at radius 3 is 2.60 bits per heavy atom. The molecule has 0 saturated carbocycles. The highest BCUT2D eigenvalue weighted by atomic mass is 16.5. The number of hydrogen-bond acceptors (Lipinski definition) is 6. The first-order chi connectivity index (χ1) is 9.58. The topological polar surface area (TPSA) is 97.2 Å². The van der Waals surface area contributed by atoms with Crippen LogP contribution in [0.3, 0.4) is 0 Å². The molecule has 1 saturated heterocycles. The van der Waals surface area contributed by atoms with Gasteiger partial charge in [0.2, 0.25) is 5.95 Å². The second kappa shape index (κ2) is 4.76. The maximum atomic E-state index is 12.0. The Kier molecular flexibility index (Phi) is 3.07. The molecule has 2 N–H and O–H groups in total. The summed E-state index contributed by atoms with van der Waals surface area (Å²) in [4.78, 5) is 31.0. The second-order valence-electron chi connectivity index (χ2n) is 4.70. The number of hydrogen-bond donors (Lipinski definition) is 2. The van der Waals surface area contributed by atoms with Crippen LogP contribution in [0.2, 0.25) is 0 Å². The van der Waals surface area contributed by atoms with E-state index in [0.29, 0.717) is 30.3 Å². The summed E-state index contributed by atoms with van der Waals surface area (Å²) >= 11 is 0. The summed E-state index contributed by atoms with van der Waals surface area (Å²) in [6, 6.07) is 0. The van der Waals surface area contributed by atoms with Crippen LogP contribution in [0.1, 0.15) is 0 Å². The molecule has 0 amide bonds. The van der Waals surface area contributed by atoms with E-state index in [-0.39, 0.29) is 5.56 Å². The number of aromatic nitrogens is 4. The number of imidazole rings is 1. The quantitative estimate of drug-likeness (QED) is 0.703.